The monoisotopic (exact) mass is 382 g/mol. The molecule has 0 atom stereocenters. The number of rotatable bonds is 3. The number of aryl methyl sites for hydroxylation is 1. The van der Waals surface area contributed by atoms with Gasteiger partial charge in [0, 0.05) is 44.5 Å². The fourth-order valence-corrected chi connectivity index (χ4v) is 3.31. The van der Waals surface area contributed by atoms with Crippen LogP contribution in [0.3, 0.4) is 0 Å². The smallest absolute Gasteiger partial charge is 0.173 e. The minimum atomic E-state index is -0.438. The fourth-order valence-electron chi connectivity index (χ4n) is 2.83. The van der Waals surface area contributed by atoms with Gasteiger partial charge in [-0.25, -0.2) is 4.39 Å². The first-order valence-corrected chi connectivity index (χ1v) is 8.95. The second-order valence-corrected chi connectivity index (χ2v) is 6.90. The molecule has 0 amide bonds. The van der Waals surface area contributed by atoms with Crippen molar-refractivity contribution >= 4 is 34.6 Å². The lowest BCUT2D eigenvalue weighted by Crippen LogP contribution is -2.37. The molecule has 2 heterocycles. The Balaban J connectivity index is 1.54. The lowest BCUT2D eigenvalue weighted by Gasteiger charge is -2.24. The zero-order valence-electron chi connectivity index (χ0n) is 14.0. The topological polar surface area (TPSA) is 44.5 Å². The van der Waals surface area contributed by atoms with E-state index in [2.05, 4.69) is 20.3 Å². The summed E-state index contributed by atoms with van der Waals surface area (Å²) in [5.41, 5.74) is 1.64. The third kappa shape index (κ3) is 4.90. The van der Waals surface area contributed by atoms with Gasteiger partial charge in [0.2, 0.25) is 0 Å². The standard InChI is InChI=1S/C17H20ClFN4OS/c1-12-9-14(21-24-12)11-22-5-2-6-23(8-7-22)17(25)20-13-3-4-16(19)15(18)10-13/h3-4,9-10H,2,5-8,11H2,1H3,(H,20,25). The maximum atomic E-state index is 13.2. The number of nitrogens with zero attached hydrogens (tertiary/aromatic N) is 3. The van der Waals surface area contributed by atoms with E-state index >= 15 is 0 Å². The van der Waals surface area contributed by atoms with Gasteiger partial charge in [-0.1, -0.05) is 16.8 Å². The fraction of sp³-hybridized carbons (Fsp3) is 0.412. The van der Waals surface area contributed by atoms with E-state index in [1.54, 1.807) is 12.1 Å². The van der Waals surface area contributed by atoms with E-state index in [4.69, 9.17) is 28.3 Å². The molecule has 2 aromatic rings. The molecule has 1 aromatic heterocycles. The van der Waals surface area contributed by atoms with Gasteiger partial charge in [-0.15, -0.1) is 0 Å². The normalized spacial score (nSPS) is 15.9. The lowest BCUT2D eigenvalue weighted by atomic mass is 10.3. The molecule has 0 bridgehead atoms. The van der Waals surface area contributed by atoms with Gasteiger partial charge in [-0.05, 0) is 43.8 Å². The highest BCUT2D eigenvalue weighted by Gasteiger charge is 2.18. The van der Waals surface area contributed by atoms with Crippen LogP contribution in [0.5, 0.6) is 0 Å². The van der Waals surface area contributed by atoms with Crippen molar-refractivity contribution in [3.63, 3.8) is 0 Å². The summed E-state index contributed by atoms with van der Waals surface area (Å²) < 4.78 is 18.4. The van der Waals surface area contributed by atoms with Gasteiger partial charge in [0.25, 0.3) is 0 Å². The average Bonchev–Trinajstić information content (AvgIpc) is 2.84. The van der Waals surface area contributed by atoms with Crippen molar-refractivity contribution in [2.45, 2.75) is 19.9 Å². The largest absolute Gasteiger partial charge is 0.361 e. The van der Waals surface area contributed by atoms with Gasteiger partial charge in [-0.3, -0.25) is 4.90 Å². The highest BCUT2D eigenvalue weighted by molar-refractivity contribution is 7.80. The van der Waals surface area contributed by atoms with Gasteiger partial charge >= 0.3 is 0 Å². The van der Waals surface area contributed by atoms with E-state index in [0.29, 0.717) is 10.8 Å². The molecule has 134 valence electrons. The first-order chi connectivity index (χ1) is 12.0. The van der Waals surface area contributed by atoms with Crippen molar-refractivity contribution in [1.29, 1.82) is 0 Å². The minimum Gasteiger partial charge on any atom is -0.361 e. The van der Waals surface area contributed by atoms with Crippen molar-refractivity contribution in [2.75, 3.05) is 31.5 Å². The minimum absolute atomic E-state index is 0.0812. The third-order valence-electron chi connectivity index (χ3n) is 4.11. The average molecular weight is 383 g/mol. The molecule has 0 unspecified atom stereocenters. The summed E-state index contributed by atoms with van der Waals surface area (Å²) in [4.78, 5) is 4.47. The Morgan fingerprint density at radius 3 is 2.88 bits per heavy atom. The molecule has 1 saturated heterocycles. The highest BCUT2D eigenvalue weighted by atomic mass is 35.5. The van der Waals surface area contributed by atoms with Crippen LogP contribution in [0.25, 0.3) is 0 Å². The van der Waals surface area contributed by atoms with Crippen LogP contribution in [0.1, 0.15) is 17.9 Å². The summed E-state index contributed by atoms with van der Waals surface area (Å²) in [7, 11) is 0. The maximum Gasteiger partial charge on any atom is 0.173 e. The van der Waals surface area contributed by atoms with E-state index in [-0.39, 0.29) is 5.02 Å². The van der Waals surface area contributed by atoms with Crippen LogP contribution in [-0.2, 0) is 6.54 Å². The molecule has 0 radical (unpaired) electrons. The van der Waals surface area contributed by atoms with Gasteiger partial charge in [-0.2, -0.15) is 0 Å². The van der Waals surface area contributed by atoms with Gasteiger partial charge in [0.15, 0.2) is 5.11 Å². The summed E-state index contributed by atoms with van der Waals surface area (Å²) in [5, 5.41) is 7.90. The number of hydrogen-bond acceptors (Lipinski definition) is 4. The number of aromatic nitrogens is 1. The maximum absolute atomic E-state index is 13.2. The molecule has 0 spiro atoms. The van der Waals surface area contributed by atoms with Crippen molar-refractivity contribution in [2.24, 2.45) is 0 Å². The van der Waals surface area contributed by atoms with Crippen LogP contribution in [0.4, 0.5) is 10.1 Å². The predicted molar refractivity (Wildman–Crippen MR) is 100 cm³/mol. The molecular formula is C17H20ClFN4OS. The summed E-state index contributed by atoms with van der Waals surface area (Å²) in [5.74, 6) is 0.390. The van der Waals surface area contributed by atoms with Crippen LogP contribution < -0.4 is 5.32 Å². The number of anilines is 1. The lowest BCUT2D eigenvalue weighted by molar-refractivity contribution is 0.267. The van der Waals surface area contributed by atoms with Crippen molar-refractivity contribution < 1.29 is 8.91 Å². The number of thiocarbonyl (C=S) groups is 1. The first kappa shape index (κ1) is 18.1. The zero-order valence-corrected chi connectivity index (χ0v) is 15.5. The van der Waals surface area contributed by atoms with Crippen LogP contribution >= 0.6 is 23.8 Å². The second kappa shape index (κ2) is 8.12. The quantitative estimate of drug-likeness (QED) is 0.817. The van der Waals surface area contributed by atoms with Gasteiger partial charge in [0.1, 0.15) is 11.6 Å². The van der Waals surface area contributed by atoms with Crippen LogP contribution in [0.15, 0.2) is 28.8 Å². The molecule has 5 nitrogen and oxygen atoms in total. The van der Waals surface area contributed by atoms with E-state index in [1.807, 2.05) is 13.0 Å². The van der Waals surface area contributed by atoms with Crippen molar-refractivity contribution in [3.8, 4) is 0 Å². The third-order valence-corrected chi connectivity index (χ3v) is 4.76. The second-order valence-electron chi connectivity index (χ2n) is 6.10. The van der Waals surface area contributed by atoms with Crippen LogP contribution in [-0.4, -0.2) is 46.2 Å². The zero-order chi connectivity index (χ0) is 17.8. The number of benzene rings is 1. The number of halogens is 2. The molecule has 25 heavy (non-hydrogen) atoms. The molecule has 0 saturated carbocycles. The number of nitrogens with one attached hydrogen (secondary N) is 1. The molecule has 1 aromatic carbocycles. The Morgan fingerprint density at radius 1 is 1.32 bits per heavy atom. The number of hydrogen-bond donors (Lipinski definition) is 1. The van der Waals surface area contributed by atoms with E-state index in [1.165, 1.54) is 6.07 Å². The highest BCUT2D eigenvalue weighted by Crippen LogP contribution is 2.20. The van der Waals surface area contributed by atoms with E-state index < -0.39 is 5.82 Å². The van der Waals surface area contributed by atoms with Gasteiger partial charge < -0.3 is 14.7 Å². The Kier molecular flexibility index (Phi) is 5.88. The molecule has 1 N–H and O–H groups in total. The molecule has 1 aliphatic rings. The van der Waals surface area contributed by atoms with Crippen LogP contribution in [0.2, 0.25) is 5.02 Å². The molecule has 1 fully saturated rings. The SMILES string of the molecule is Cc1cc(CN2CCCN(C(=S)Nc3ccc(F)c(Cl)c3)CC2)no1. The predicted octanol–water partition coefficient (Wildman–Crippen LogP) is 3.68. The molecule has 8 heteroatoms. The molecule has 3 rings (SSSR count). The summed E-state index contributed by atoms with van der Waals surface area (Å²) >= 11 is 11.3. The summed E-state index contributed by atoms with van der Waals surface area (Å²) in [6, 6.07) is 6.47. The first-order valence-electron chi connectivity index (χ1n) is 8.17. The van der Waals surface area contributed by atoms with E-state index in [9.17, 15) is 4.39 Å². The Labute approximate surface area is 156 Å². The Hall–Kier alpha value is -1.70. The molecule has 1 aliphatic heterocycles. The summed E-state index contributed by atoms with van der Waals surface area (Å²) in [6.45, 7) is 6.23. The van der Waals surface area contributed by atoms with Crippen molar-refractivity contribution in [3.05, 3.63) is 46.6 Å². The van der Waals surface area contributed by atoms with Crippen LogP contribution in [0, 0.1) is 12.7 Å². The van der Waals surface area contributed by atoms with Gasteiger partial charge in [0.05, 0.1) is 10.7 Å². The molecule has 0 aliphatic carbocycles. The summed E-state index contributed by atoms with van der Waals surface area (Å²) in [6.07, 6.45) is 1.00. The molecular weight excluding hydrogens is 363 g/mol. The Morgan fingerprint density at radius 2 is 2.16 bits per heavy atom. The Bertz CT molecular complexity index is 754. The van der Waals surface area contributed by atoms with E-state index in [0.717, 1.165) is 50.6 Å². The van der Waals surface area contributed by atoms with Crippen molar-refractivity contribution in [1.82, 2.24) is 15.0 Å².